The SMILES string of the molecule is CN1CCN(C2CCC2C(=O)O)CC1=O. The number of aliphatic carboxylic acids is 1. The van der Waals surface area contributed by atoms with Crippen LogP contribution in [-0.2, 0) is 9.59 Å². The fourth-order valence-corrected chi connectivity index (χ4v) is 2.27. The summed E-state index contributed by atoms with van der Waals surface area (Å²) in [5.41, 5.74) is 0. The first-order chi connectivity index (χ1) is 7.09. The third-order valence-corrected chi connectivity index (χ3v) is 3.51. The van der Waals surface area contributed by atoms with E-state index in [1.807, 2.05) is 4.90 Å². The highest BCUT2D eigenvalue weighted by Gasteiger charge is 2.42. The zero-order chi connectivity index (χ0) is 11.0. The molecule has 1 heterocycles. The van der Waals surface area contributed by atoms with Crippen LogP contribution in [0.25, 0.3) is 0 Å². The van der Waals surface area contributed by atoms with Crippen molar-refractivity contribution in [3.05, 3.63) is 0 Å². The number of carboxylic acid groups (broad SMARTS) is 1. The lowest BCUT2D eigenvalue weighted by Gasteiger charge is -2.44. The largest absolute Gasteiger partial charge is 0.481 e. The molecule has 2 aliphatic rings. The van der Waals surface area contributed by atoms with E-state index in [4.69, 9.17) is 5.11 Å². The molecule has 0 aromatic heterocycles. The second kappa shape index (κ2) is 3.81. The topological polar surface area (TPSA) is 60.9 Å². The zero-order valence-corrected chi connectivity index (χ0v) is 8.85. The Balaban J connectivity index is 1.95. The van der Waals surface area contributed by atoms with Crippen molar-refractivity contribution < 1.29 is 14.7 Å². The van der Waals surface area contributed by atoms with E-state index >= 15 is 0 Å². The molecule has 1 aliphatic heterocycles. The summed E-state index contributed by atoms with van der Waals surface area (Å²) in [4.78, 5) is 26.0. The average molecular weight is 212 g/mol. The van der Waals surface area contributed by atoms with Gasteiger partial charge in [-0.1, -0.05) is 0 Å². The Bertz CT molecular complexity index is 292. The maximum Gasteiger partial charge on any atom is 0.308 e. The molecule has 84 valence electrons. The third-order valence-electron chi connectivity index (χ3n) is 3.51. The summed E-state index contributed by atoms with van der Waals surface area (Å²) in [6.45, 7) is 1.89. The third kappa shape index (κ3) is 1.84. The van der Waals surface area contributed by atoms with Gasteiger partial charge in [0, 0.05) is 26.2 Å². The van der Waals surface area contributed by atoms with Crippen molar-refractivity contribution in [2.75, 3.05) is 26.7 Å². The molecule has 0 aromatic rings. The van der Waals surface area contributed by atoms with E-state index in [0.717, 1.165) is 19.4 Å². The fourth-order valence-electron chi connectivity index (χ4n) is 2.27. The first kappa shape index (κ1) is 10.4. The van der Waals surface area contributed by atoms with Crippen LogP contribution < -0.4 is 0 Å². The van der Waals surface area contributed by atoms with Crippen molar-refractivity contribution in [3.63, 3.8) is 0 Å². The molecule has 1 aliphatic carbocycles. The van der Waals surface area contributed by atoms with Gasteiger partial charge in [0.1, 0.15) is 0 Å². The van der Waals surface area contributed by atoms with Crippen molar-refractivity contribution in [1.29, 1.82) is 0 Å². The molecule has 1 amide bonds. The minimum Gasteiger partial charge on any atom is -0.481 e. The molecule has 0 radical (unpaired) electrons. The van der Waals surface area contributed by atoms with Crippen molar-refractivity contribution in [3.8, 4) is 0 Å². The van der Waals surface area contributed by atoms with Gasteiger partial charge in [-0.15, -0.1) is 0 Å². The number of piperazine rings is 1. The first-order valence-electron chi connectivity index (χ1n) is 5.30. The van der Waals surface area contributed by atoms with Crippen molar-refractivity contribution in [2.45, 2.75) is 18.9 Å². The van der Waals surface area contributed by atoms with Crippen molar-refractivity contribution in [1.82, 2.24) is 9.80 Å². The molecule has 2 atom stereocenters. The first-order valence-corrected chi connectivity index (χ1v) is 5.30. The summed E-state index contributed by atoms with van der Waals surface area (Å²) in [5, 5.41) is 8.93. The smallest absolute Gasteiger partial charge is 0.308 e. The van der Waals surface area contributed by atoms with Gasteiger partial charge in [-0.05, 0) is 12.8 Å². The molecular formula is C10H16N2O3. The van der Waals surface area contributed by atoms with Crippen LogP contribution in [0.3, 0.4) is 0 Å². The van der Waals surface area contributed by atoms with Gasteiger partial charge in [0.25, 0.3) is 0 Å². The summed E-state index contributed by atoms with van der Waals surface area (Å²) in [6.07, 6.45) is 1.66. The highest BCUT2D eigenvalue weighted by molar-refractivity contribution is 5.79. The summed E-state index contributed by atoms with van der Waals surface area (Å²) in [6, 6.07) is 0.0835. The standard InChI is InChI=1S/C10H16N2O3/c1-11-4-5-12(6-9(11)13)8-3-2-7(8)10(14)15/h7-8H,2-6H2,1H3,(H,14,15). The number of carboxylic acids is 1. The Hall–Kier alpha value is -1.10. The van der Waals surface area contributed by atoms with Crippen LogP contribution in [0.4, 0.5) is 0 Å². The van der Waals surface area contributed by atoms with Crippen LogP contribution in [-0.4, -0.2) is 59.5 Å². The molecule has 5 nitrogen and oxygen atoms in total. The monoisotopic (exact) mass is 212 g/mol. The van der Waals surface area contributed by atoms with Crippen LogP contribution in [0, 0.1) is 5.92 Å². The molecule has 0 spiro atoms. The number of carbonyl (C=O) groups excluding carboxylic acids is 1. The minimum atomic E-state index is -0.724. The molecule has 2 unspecified atom stereocenters. The normalized spacial score (nSPS) is 32.6. The second-order valence-corrected chi connectivity index (χ2v) is 4.38. The Morgan fingerprint density at radius 3 is 2.60 bits per heavy atom. The number of hydrogen-bond donors (Lipinski definition) is 1. The van der Waals surface area contributed by atoms with E-state index in [1.54, 1.807) is 11.9 Å². The minimum absolute atomic E-state index is 0.0835. The van der Waals surface area contributed by atoms with Crippen LogP contribution in [0.5, 0.6) is 0 Å². The summed E-state index contributed by atoms with van der Waals surface area (Å²) in [7, 11) is 1.79. The molecule has 0 bridgehead atoms. The molecule has 15 heavy (non-hydrogen) atoms. The predicted molar refractivity (Wildman–Crippen MR) is 53.4 cm³/mol. The molecule has 0 aromatic carbocycles. The van der Waals surface area contributed by atoms with Crippen LogP contribution in [0.2, 0.25) is 0 Å². The highest BCUT2D eigenvalue weighted by atomic mass is 16.4. The Morgan fingerprint density at radius 1 is 1.40 bits per heavy atom. The van der Waals surface area contributed by atoms with Crippen LogP contribution >= 0.6 is 0 Å². The second-order valence-electron chi connectivity index (χ2n) is 4.38. The molecule has 2 fully saturated rings. The number of hydrogen-bond acceptors (Lipinski definition) is 3. The van der Waals surface area contributed by atoms with Gasteiger partial charge in [-0.3, -0.25) is 14.5 Å². The van der Waals surface area contributed by atoms with Crippen molar-refractivity contribution in [2.24, 2.45) is 5.92 Å². The number of rotatable bonds is 2. The average Bonchev–Trinajstić information content (AvgIpc) is 2.08. The Kier molecular flexibility index (Phi) is 2.65. The van der Waals surface area contributed by atoms with Crippen LogP contribution in [0.15, 0.2) is 0 Å². The molecule has 2 rings (SSSR count). The van der Waals surface area contributed by atoms with E-state index in [-0.39, 0.29) is 17.9 Å². The van der Waals surface area contributed by atoms with Gasteiger partial charge in [-0.2, -0.15) is 0 Å². The van der Waals surface area contributed by atoms with E-state index in [0.29, 0.717) is 13.1 Å². The lowest BCUT2D eigenvalue weighted by molar-refractivity contribution is -0.152. The summed E-state index contributed by atoms with van der Waals surface area (Å²) >= 11 is 0. The Morgan fingerprint density at radius 2 is 2.13 bits per heavy atom. The van der Waals surface area contributed by atoms with Gasteiger partial charge in [-0.25, -0.2) is 0 Å². The van der Waals surface area contributed by atoms with Gasteiger partial charge in [0.2, 0.25) is 5.91 Å². The Labute approximate surface area is 88.6 Å². The van der Waals surface area contributed by atoms with Crippen LogP contribution in [0.1, 0.15) is 12.8 Å². The fraction of sp³-hybridized carbons (Fsp3) is 0.800. The molecule has 1 N–H and O–H groups in total. The summed E-state index contributed by atoms with van der Waals surface area (Å²) in [5.74, 6) is -0.892. The lowest BCUT2D eigenvalue weighted by atomic mass is 9.78. The number of likely N-dealkylation sites (N-methyl/N-ethyl adjacent to an activating group) is 1. The van der Waals surface area contributed by atoms with E-state index < -0.39 is 5.97 Å². The van der Waals surface area contributed by atoms with Gasteiger partial charge in [0.05, 0.1) is 12.5 Å². The zero-order valence-electron chi connectivity index (χ0n) is 8.85. The molecular weight excluding hydrogens is 196 g/mol. The number of carbonyl (C=O) groups is 2. The van der Waals surface area contributed by atoms with Crippen molar-refractivity contribution >= 4 is 11.9 Å². The summed E-state index contributed by atoms with van der Waals surface area (Å²) < 4.78 is 0. The van der Waals surface area contributed by atoms with Gasteiger partial charge >= 0.3 is 5.97 Å². The highest BCUT2D eigenvalue weighted by Crippen LogP contribution is 2.32. The molecule has 1 saturated heterocycles. The maximum atomic E-state index is 11.5. The number of amides is 1. The molecule has 5 heteroatoms. The van der Waals surface area contributed by atoms with Gasteiger partial charge < -0.3 is 10.0 Å². The quantitative estimate of drug-likeness (QED) is 0.678. The number of nitrogens with zero attached hydrogens (tertiary/aromatic N) is 2. The maximum absolute atomic E-state index is 11.5. The van der Waals surface area contributed by atoms with E-state index in [1.165, 1.54) is 0 Å². The van der Waals surface area contributed by atoms with E-state index in [2.05, 4.69) is 0 Å². The van der Waals surface area contributed by atoms with Gasteiger partial charge in [0.15, 0.2) is 0 Å². The predicted octanol–water partition coefficient (Wildman–Crippen LogP) is -0.376. The van der Waals surface area contributed by atoms with E-state index in [9.17, 15) is 9.59 Å². The lowest BCUT2D eigenvalue weighted by Crippen LogP contribution is -2.58. The molecule has 1 saturated carbocycles.